The number of ether oxygens (including phenoxy) is 2. The van der Waals surface area contributed by atoms with Crippen LogP contribution in [-0.4, -0.2) is 51.3 Å². The van der Waals surface area contributed by atoms with Gasteiger partial charge >= 0.3 is 0 Å². The van der Waals surface area contributed by atoms with Gasteiger partial charge in [0.15, 0.2) is 5.96 Å². The maximum absolute atomic E-state index is 5.68. The molecule has 0 amide bonds. The molecule has 0 unspecified atom stereocenters. The van der Waals surface area contributed by atoms with Crippen LogP contribution in [0.15, 0.2) is 29.3 Å². The number of hydrogen-bond donors (Lipinski definition) is 2. The van der Waals surface area contributed by atoms with E-state index in [0.29, 0.717) is 6.61 Å². The van der Waals surface area contributed by atoms with Crippen LogP contribution in [0, 0.1) is 0 Å². The van der Waals surface area contributed by atoms with E-state index in [2.05, 4.69) is 28.8 Å². The highest BCUT2D eigenvalue weighted by Gasteiger charge is 1.97. The molecule has 0 fully saturated rings. The zero-order valence-corrected chi connectivity index (χ0v) is 17.3. The highest BCUT2D eigenvalue weighted by atomic mass is 127. The summed E-state index contributed by atoms with van der Waals surface area (Å²) in [5.41, 5.74) is 0. The zero-order chi connectivity index (χ0) is 16.0. The molecule has 7 heteroatoms. The van der Waals surface area contributed by atoms with Gasteiger partial charge in [-0.3, -0.25) is 4.99 Å². The Bertz CT molecular complexity index is 430. The summed E-state index contributed by atoms with van der Waals surface area (Å²) in [6, 6.07) is 7.62. The quantitative estimate of drug-likeness (QED) is 0.247. The summed E-state index contributed by atoms with van der Waals surface area (Å²) in [5.74, 6) is 3.64. The predicted octanol–water partition coefficient (Wildman–Crippen LogP) is 3.00. The first-order valence-corrected chi connectivity index (χ1v) is 8.97. The van der Waals surface area contributed by atoms with Gasteiger partial charge in [0.25, 0.3) is 0 Å². The third-order valence-electron chi connectivity index (χ3n) is 2.84. The van der Waals surface area contributed by atoms with Gasteiger partial charge in [-0.1, -0.05) is 0 Å². The summed E-state index contributed by atoms with van der Waals surface area (Å²) >= 11 is 1.82. The van der Waals surface area contributed by atoms with Gasteiger partial charge in [0.05, 0.1) is 13.7 Å². The SMILES string of the molecule is CCNC(=NCCCOc1ccc(OC)cc1)NCCSC.I. The molecule has 0 aliphatic carbocycles. The van der Waals surface area contributed by atoms with Gasteiger partial charge in [-0.2, -0.15) is 11.8 Å². The first-order valence-electron chi connectivity index (χ1n) is 7.58. The number of hydrogen-bond acceptors (Lipinski definition) is 4. The molecular formula is C16H28IN3O2S. The van der Waals surface area contributed by atoms with Crippen molar-refractivity contribution in [3.05, 3.63) is 24.3 Å². The van der Waals surface area contributed by atoms with E-state index in [1.54, 1.807) is 7.11 Å². The van der Waals surface area contributed by atoms with Crippen LogP contribution in [0.3, 0.4) is 0 Å². The number of rotatable bonds is 10. The van der Waals surface area contributed by atoms with Crippen molar-refractivity contribution in [1.29, 1.82) is 0 Å². The lowest BCUT2D eigenvalue weighted by Gasteiger charge is -2.10. The second-order valence-electron chi connectivity index (χ2n) is 4.56. The Kier molecular flexibility index (Phi) is 14.2. The minimum absolute atomic E-state index is 0. The van der Waals surface area contributed by atoms with Gasteiger partial charge in [-0.15, -0.1) is 24.0 Å². The molecule has 132 valence electrons. The fourth-order valence-corrected chi connectivity index (χ4v) is 2.04. The van der Waals surface area contributed by atoms with E-state index >= 15 is 0 Å². The van der Waals surface area contributed by atoms with E-state index < -0.39 is 0 Å². The first kappa shape index (κ1) is 22.2. The molecule has 0 atom stereocenters. The normalized spacial score (nSPS) is 10.7. The lowest BCUT2D eigenvalue weighted by Crippen LogP contribution is -2.38. The number of halogens is 1. The van der Waals surface area contributed by atoms with Crippen LogP contribution in [0.4, 0.5) is 0 Å². The van der Waals surface area contributed by atoms with Crippen LogP contribution in [0.2, 0.25) is 0 Å². The Morgan fingerprint density at radius 2 is 1.87 bits per heavy atom. The number of nitrogens with zero attached hydrogens (tertiary/aromatic N) is 1. The lowest BCUT2D eigenvalue weighted by molar-refractivity contribution is 0.312. The summed E-state index contributed by atoms with van der Waals surface area (Å²) in [6.07, 6.45) is 2.98. The minimum Gasteiger partial charge on any atom is -0.497 e. The molecule has 0 saturated carbocycles. The predicted molar refractivity (Wildman–Crippen MR) is 111 cm³/mol. The smallest absolute Gasteiger partial charge is 0.191 e. The minimum atomic E-state index is 0. The van der Waals surface area contributed by atoms with Crippen LogP contribution in [0.25, 0.3) is 0 Å². The van der Waals surface area contributed by atoms with Crippen LogP contribution in [-0.2, 0) is 0 Å². The number of aliphatic imine (C=N–C) groups is 1. The largest absolute Gasteiger partial charge is 0.497 e. The molecule has 0 aromatic heterocycles. The summed E-state index contributed by atoms with van der Waals surface area (Å²) in [7, 11) is 1.66. The molecule has 0 bridgehead atoms. The van der Waals surface area contributed by atoms with Gasteiger partial charge < -0.3 is 20.1 Å². The van der Waals surface area contributed by atoms with Crippen LogP contribution >= 0.6 is 35.7 Å². The maximum Gasteiger partial charge on any atom is 0.191 e. The van der Waals surface area contributed by atoms with Crippen molar-refractivity contribution in [3.63, 3.8) is 0 Å². The first-order chi connectivity index (χ1) is 10.8. The molecule has 5 nitrogen and oxygen atoms in total. The average Bonchev–Trinajstić information content (AvgIpc) is 2.55. The third kappa shape index (κ3) is 10.5. The number of methoxy groups -OCH3 is 1. The van der Waals surface area contributed by atoms with E-state index in [0.717, 1.165) is 49.3 Å². The molecular weight excluding hydrogens is 425 g/mol. The van der Waals surface area contributed by atoms with Crippen molar-refractivity contribution in [2.24, 2.45) is 4.99 Å². The van der Waals surface area contributed by atoms with Crippen molar-refractivity contribution in [1.82, 2.24) is 10.6 Å². The lowest BCUT2D eigenvalue weighted by atomic mass is 10.3. The van der Waals surface area contributed by atoms with E-state index in [4.69, 9.17) is 9.47 Å². The number of guanidine groups is 1. The van der Waals surface area contributed by atoms with Crippen molar-refractivity contribution in [2.45, 2.75) is 13.3 Å². The standard InChI is InChI=1S/C16H27N3O2S.HI/c1-4-17-16(19-11-13-22-3)18-10-5-12-21-15-8-6-14(20-2)7-9-15;/h6-9H,4-5,10-13H2,1-3H3,(H2,17,18,19);1H. The van der Waals surface area contributed by atoms with Crippen LogP contribution < -0.4 is 20.1 Å². The summed E-state index contributed by atoms with van der Waals surface area (Å²) < 4.78 is 10.8. The van der Waals surface area contributed by atoms with E-state index in [1.807, 2.05) is 36.0 Å². The van der Waals surface area contributed by atoms with Gasteiger partial charge in [0.2, 0.25) is 0 Å². The van der Waals surface area contributed by atoms with E-state index in [9.17, 15) is 0 Å². The van der Waals surface area contributed by atoms with Crippen molar-refractivity contribution in [3.8, 4) is 11.5 Å². The molecule has 0 aliphatic heterocycles. The number of thioether (sulfide) groups is 1. The van der Waals surface area contributed by atoms with E-state index in [-0.39, 0.29) is 24.0 Å². The second-order valence-corrected chi connectivity index (χ2v) is 5.54. The highest BCUT2D eigenvalue weighted by molar-refractivity contribution is 14.0. The number of nitrogens with one attached hydrogen (secondary N) is 2. The summed E-state index contributed by atoms with van der Waals surface area (Å²) in [4.78, 5) is 4.53. The fraction of sp³-hybridized carbons (Fsp3) is 0.562. The van der Waals surface area contributed by atoms with Crippen LogP contribution in [0.1, 0.15) is 13.3 Å². The Morgan fingerprint density at radius 3 is 2.48 bits per heavy atom. The Hall–Kier alpha value is -0.830. The maximum atomic E-state index is 5.68. The molecule has 1 rings (SSSR count). The van der Waals surface area contributed by atoms with E-state index in [1.165, 1.54) is 0 Å². The molecule has 23 heavy (non-hydrogen) atoms. The highest BCUT2D eigenvalue weighted by Crippen LogP contribution is 2.16. The monoisotopic (exact) mass is 453 g/mol. The molecule has 0 radical (unpaired) electrons. The molecule has 2 N–H and O–H groups in total. The Balaban J connectivity index is 0.00000484. The molecule has 1 aromatic rings. The summed E-state index contributed by atoms with van der Waals surface area (Å²) in [6.45, 7) is 5.26. The van der Waals surface area contributed by atoms with Gasteiger partial charge in [-0.25, -0.2) is 0 Å². The molecule has 0 aliphatic rings. The van der Waals surface area contributed by atoms with Crippen molar-refractivity contribution >= 4 is 41.7 Å². The van der Waals surface area contributed by atoms with Crippen molar-refractivity contribution < 1.29 is 9.47 Å². The summed E-state index contributed by atoms with van der Waals surface area (Å²) in [5, 5.41) is 6.54. The second kappa shape index (κ2) is 14.7. The van der Waals surface area contributed by atoms with Crippen LogP contribution in [0.5, 0.6) is 11.5 Å². The average molecular weight is 453 g/mol. The number of benzene rings is 1. The zero-order valence-electron chi connectivity index (χ0n) is 14.1. The van der Waals surface area contributed by atoms with Gasteiger partial charge in [0, 0.05) is 31.8 Å². The topological polar surface area (TPSA) is 54.9 Å². The Labute approximate surface area is 161 Å². The molecule has 0 heterocycles. The van der Waals surface area contributed by atoms with Gasteiger partial charge in [-0.05, 0) is 37.4 Å². The molecule has 0 saturated heterocycles. The molecule has 1 aromatic carbocycles. The molecule has 0 spiro atoms. The fourth-order valence-electron chi connectivity index (χ4n) is 1.73. The Morgan fingerprint density at radius 1 is 1.17 bits per heavy atom. The van der Waals surface area contributed by atoms with Gasteiger partial charge in [0.1, 0.15) is 11.5 Å². The van der Waals surface area contributed by atoms with Crippen molar-refractivity contribution in [2.75, 3.05) is 45.4 Å². The third-order valence-corrected chi connectivity index (χ3v) is 3.46.